The van der Waals surface area contributed by atoms with Gasteiger partial charge in [-0.2, -0.15) is 0 Å². The fourth-order valence-electron chi connectivity index (χ4n) is 0. The molecule has 4 heteroatoms. The van der Waals surface area contributed by atoms with Crippen LogP contribution in [0.2, 0.25) is 0 Å². The predicted molar refractivity (Wildman–Crippen MR) is 44.4 cm³/mol. The van der Waals surface area contributed by atoms with Gasteiger partial charge in [0, 0.05) is 0 Å². The second kappa shape index (κ2) is 17.4. The SMILES string of the molecule is C=C(C)[O-].C=C(C)[O-].C=C(C)[O-].[Ru+3]. The van der Waals surface area contributed by atoms with Crippen LogP contribution < -0.4 is 15.3 Å². The first-order valence-corrected chi connectivity index (χ1v) is 3.17. The van der Waals surface area contributed by atoms with Crippen LogP contribution in [0.15, 0.2) is 37.0 Å². The third-order valence-corrected chi connectivity index (χ3v) is 0. The molecule has 77 valence electrons. The maximum absolute atomic E-state index is 9.33. The Kier molecular flexibility index (Phi) is 30.4. The van der Waals surface area contributed by atoms with E-state index >= 15 is 0 Å². The number of allylic oxidation sites excluding steroid dienone is 3. The molecule has 0 atom stereocenters. The van der Waals surface area contributed by atoms with E-state index in [0.717, 1.165) is 0 Å². The van der Waals surface area contributed by atoms with E-state index in [-0.39, 0.29) is 36.8 Å². The molecule has 0 aromatic carbocycles. The number of rotatable bonds is 0. The van der Waals surface area contributed by atoms with Crippen molar-refractivity contribution in [1.29, 1.82) is 0 Å². The van der Waals surface area contributed by atoms with Crippen molar-refractivity contribution in [2.75, 3.05) is 0 Å². The summed E-state index contributed by atoms with van der Waals surface area (Å²) in [6.07, 6.45) is 0. The third-order valence-electron chi connectivity index (χ3n) is 0. The summed E-state index contributed by atoms with van der Waals surface area (Å²) in [6, 6.07) is 0. The van der Waals surface area contributed by atoms with Crippen molar-refractivity contribution < 1.29 is 34.8 Å². The zero-order chi connectivity index (χ0) is 10.7. The summed E-state index contributed by atoms with van der Waals surface area (Å²) in [5.41, 5.74) is 0. The van der Waals surface area contributed by atoms with Gasteiger partial charge < -0.3 is 15.3 Å². The van der Waals surface area contributed by atoms with Gasteiger partial charge in [0.15, 0.2) is 0 Å². The van der Waals surface area contributed by atoms with Gasteiger partial charge in [-0.1, -0.05) is 20.8 Å². The Hall–Kier alpha value is -0.757. The largest absolute Gasteiger partial charge is 3.00 e. The van der Waals surface area contributed by atoms with Crippen molar-refractivity contribution in [2.24, 2.45) is 0 Å². The maximum atomic E-state index is 9.33. The van der Waals surface area contributed by atoms with Gasteiger partial charge in [0.2, 0.25) is 0 Å². The summed E-state index contributed by atoms with van der Waals surface area (Å²) >= 11 is 0. The molecule has 0 saturated heterocycles. The molecule has 0 saturated carbocycles. The molecular formula is C9H15O3Ru. The molecule has 1 radical (unpaired) electrons. The first-order chi connectivity index (χ1) is 5.20. The minimum Gasteiger partial charge on any atom is -0.876 e. The summed E-state index contributed by atoms with van der Waals surface area (Å²) in [7, 11) is 0. The molecule has 0 spiro atoms. The zero-order valence-electron chi connectivity index (χ0n) is 8.20. The van der Waals surface area contributed by atoms with Crippen LogP contribution in [0.4, 0.5) is 0 Å². The van der Waals surface area contributed by atoms with Crippen molar-refractivity contribution in [3.8, 4) is 0 Å². The predicted octanol–water partition coefficient (Wildman–Crippen LogP) is -0.362. The van der Waals surface area contributed by atoms with Gasteiger partial charge in [-0.3, -0.25) is 0 Å². The van der Waals surface area contributed by atoms with E-state index in [0.29, 0.717) is 0 Å². The first kappa shape index (κ1) is 22.8. The quantitative estimate of drug-likeness (QED) is 0.446. The van der Waals surface area contributed by atoms with E-state index in [9.17, 15) is 15.3 Å². The van der Waals surface area contributed by atoms with Crippen LogP contribution in [0, 0.1) is 0 Å². The minimum absolute atomic E-state index is 0. The molecule has 0 heterocycles. The van der Waals surface area contributed by atoms with E-state index in [4.69, 9.17) is 0 Å². The van der Waals surface area contributed by atoms with Crippen LogP contribution in [0.5, 0.6) is 0 Å². The van der Waals surface area contributed by atoms with Crippen molar-refractivity contribution in [2.45, 2.75) is 20.8 Å². The van der Waals surface area contributed by atoms with Crippen LogP contribution in [0.25, 0.3) is 0 Å². The van der Waals surface area contributed by atoms with Crippen molar-refractivity contribution in [1.82, 2.24) is 0 Å². The van der Waals surface area contributed by atoms with Gasteiger partial charge in [-0.25, -0.2) is 0 Å². The molecule has 3 nitrogen and oxygen atoms in total. The van der Waals surface area contributed by atoms with E-state index in [1.165, 1.54) is 20.8 Å². The molecular weight excluding hydrogens is 257 g/mol. The normalized spacial score (nSPS) is 5.77. The molecule has 0 aromatic rings. The molecule has 0 rings (SSSR count). The molecule has 0 aromatic heterocycles. The van der Waals surface area contributed by atoms with Gasteiger partial charge in [0.05, 0.1) is 0 Å². The van der Waals surface area contributed by atoms with Gasteiger partial charge in [-0.05, 0) is 0 Å². The average Bonchev–Trinajstić information content (AvgIpc) is 1.54. The summed E-state index contributed by atoms with van der Waals surface area (Å²) in [5, 5.41) is 28.0. The third kappa shape index (κ3) is 1680. The van der Waals surface area contributed by atoms with Gasteiger partial charge in [-0.15, -0.1) is 37.0 Å². The second-order valence-electron chi connectivity index (χ2n) is 2.11. The van der Waals surface area contributed by atoms with Crippen molar-refractivity contribution in [3.63, 3.8) is 0 Å². The molecule has 0 N–H and O–H groups in total. The number of hydrogen-bond donors (Lipinski definition) is 0. The Bertz CT molecular complexity index is 112. The van der Waals surface area contributed by atoms with Crippen LogP contribution in [0.3, 0.4) is 0 Å². The summed E-state index contributed by atoms with van der Waals surface area (Å²) in [6.45, 7) is 13.2. The van der Waals surface area contributed by atoms with E-state index in [2.05, 4.69) is 19.7 Å². The van der Waals surface area contributed by atoms with Crippen LogP contribution >= 0.6 is 0 Å². The van der Waals surface area contributed by atoms with E-state index in [1.54, 1.807) is 0 Å². The standard InChI is InChI=1S/3C3H6O.Ru/c3*1-3(2)4;/h3*4H,1H2,2H3;/q;;;+3/p-3. The summed E-state index contributed by atoms with van der Waals surface area (Å²) in [4.78, 5) is 0. The molecule has 0 fully saturated rings. The van der Waals surface area contributed by atoms with Crippen molar-refractivity contribution in [3.05, 3.63) is 37.0 Å². The van der Waals surface area contributed by atoms with Gasteiger partial charge in [0.25, 0.3) is 0 Å². The molecule has 0 aliphatic heterocycles. The van der Waals surface area contributed by atoms with E-state index < -0.39 is 0 Å². The summed E-state index contributed by atoms with van der Waals surface area (Å²) < 4.78 is 0. The maximum Gasteiger partial charge on any atom is 3.00 e. The summed E-state index contributed by atoms with van der Waals surface area (Å²) in [5.74, 6) is -0.250. The Morgan fingerprint density at radius 2 is 0.692 bits per heavy atom. The van der Waals surface area contributed by atoms with E-state index in [1.807, 2.05) is 0 Å². The Balaban J connectivity index is -0.0000000450. The molecule has 13 heavy (non-hydrogen) atoms. The van der Waals surface area contributed by atoms with Gasteiger partial charge >= 0.3 is 19.5 Å². The topological polar surface area (TPSA) is 69.2 Å². The van der Waals surface area contributed by atoms with Crippen LogP contribution in [-0.2, 0) is 19.5 Å². The fourth-order valence-corrected chi connectivity index (χ4v) is 0. The molecule has 0 bridgehead atoms. The molecule has 0 unspecified atom stereocenters. The smallest absolute Gasteiger partial charge is 0.876 e. The minimum atomic E-state index is -0.0833. The second-order valence-corrected chi connectivity index (χ2v) is 2.11. The van der Waals surface area contributed by atoms with Crippen molar-refractivity contribution >= 4 is 0 Å². The van der Waals surface area contributed by atoms with Crippen LogP contribution in [0.1, 0.15) is 20.8 Å². The number of hydrogen-bond acceptors (Lipinski definition) is 3. The first-order valence-electron chi connectivity index (χ1n) is 3.17. The molecule has 0 aliphatic carbocycles. The average molecular weight is 272 g/mol. The Morgan fingerprint density at radius 3 is 0.692 bits per heavy atom. The monoisotopic (exact) mass is 273 g/mol. The zero-order valence-corrected chi connectivity index (χ0v) is 9.94. The molecule has 0 aliphatic rings. The molecule has 0 amide bonds. The van der Waals surface area contributed by atoms with Crippen LogP contribution in [-0.4, -0.2) is 0 Å². The Labute approximate surface area is 92.9 Å². The fraction of sp³-hybridized carbons (Fsp3) is 0.333. The Morgan fingerprint density at radius 1 is 0.692 bits per heavy atom. The van der Waals surface area contributed by atoms with Gasteiger partial charge in [0.1, 0.15) is 0 Å².